The average Bonchev–Trinajstić information content (AvgIpc) is 3.16. The number of carbonyl (C=O) groups excluding carboxylic acids is 2. The molecular weight excluding hydrogens is 390 g/mol. The zero-order valence-corrected chi connectivity index (χ0v) is 17.6. The van der Waals surface area contributed by atoms with E-state index in [0.717, 1.165) is 55.2 Å². The van der Waals surface area contributed by atoms with E-state index in [9.17, 15) is 14.7 Å². The number of esters is 1. The van der Waals surface area contributed by atoms with Crippen molar-refractivity contribution in [3.05, 3.63) is 70.8 Å². The van der Waals surface area contributed by atoms with Gasteiger partial charge >= 0.3 is 5.97 Å². The minimum Gasteiger partial charge on any atom is -0.449 e. The van der Waals surface area contributed by atoms with Crippen LogP contribution in [0, 0.1) is 0 Å². The Morgan fingerprint density at radius 1 is 0.903 bits per heavy atom. The molecular formula is C26H27NO4. The number of aliphatic hydroxyl groups is 1. The van der Waals surface area contributed by atoms with Gasteiger partial charge in [0.05, 0.1) is 23.1 Å². The maximum atomic E-state index is 13.6. The van der Waals surface area contributed by atoms with E-state index in [4.69, 9.17) is 4.74 Å². The van der Waals surface area contributed by atoms with Crippen LogP contribution in [0.25, 0.3) is 0 Å². The van der Waals surface area contributed by atoms with Gasteiger partial charge in [-0.1, -0.05) is 55.3 Å². The van der Waals surface area contributed by atoms with Crippen LogP contribution in [0.15, 0.2) is 48.5 Å². The van der Waals surface area contributed by atoms with Gasteiger partial charge in [0.15, 0.2) is 5.60 Å². The van der Waals surface area contributed by atoms with Crippen LogP contribution in [-0.4, -0.2) is 35.0 Å². The first-order valence-corrected chi connectivity index (χ1v) is 11.4. The molecule has 4 aliphatic rings. The molecule has 0 unspecified atom stereocenters. The molecule has 0 aromatic heterocycles. The molecule has 1 amide bonds. The van der Waals surface area contributed by atoms with Gasteiger partial charge in [-0.15, -0.1) is 0 Å². The van der Waals surface area contributed by atoms with Crippen LogP contribution in [0.3, 0.4) is 0 Å². The summed E-state index contributed by atoms with van der Waals surface area (Å²) in [6.45, 7) is 1.02. The maximum Gasteiger partial charge on any atom is 0.339 e. The van der Waals surface area contributed by atoms with Crippen LogP contribution in [0.4, 0.5) is 0 Å². The predicted octanol–water partition coefficient (Wildman–Crippen LogP) is 3.78. The fourth-order valence-corrected chi connectivity index (χ4v) is 6.01. The molecule has 2 aromatic rings. The molecule has 160 valence electrons. The summed E-state index contributed by atoms with van der Waals surface area (Å²) in [7, 11) is 0. The Hall–Kier alpha value is -2.66. The summed E-state index contributed by atoms with van der Waals surface area (Å²) in [6.07, 6.45) is 6.07. The molecule has 6 rings (SSSR count). The Kier molecular flexibility index (Phi) is 3.95. The Morgan fingerprint density at radius 3 is 2.29 bits per heavy atom. The molecule has 31 heavy (non-hydrogen) atoms. The lowest BCUT2D eigenvalue weighted by Gasteiger charge is -2.27. The number of amides is 1. The molecule has 2 aliphatic heterocycles. The van der Waals surface area contributed by atoms with E-state index in [2.05, 4.69) is 0 Å². The smallest absolute Gasteiger partial charge is 0.339 e. The molecule has 2 heterocycles. The third-order valence-corrected chi connectivity index (χ3v) is 8.01. The van der Waals surface area contributed by atoms with Crippen LogP contribution in [0.5, 0.6) is 0 Å². The monoisotopic (exact) mass is 417 g/mol. The van der Waals surface area contributed by atoms with Crippen LogP contribution in [0.1, 0.15) is 72.0 Å². The summed E-state index contributed by atoms with van der Waals surface area (Å²) in [6, 6.07) is 15.6. The summed E-state index contributed by atoms with van der Waals surface area (Å²) in [5.41, 5.74) is 1.66. The van der Waals surface area contributed by atoms with Gasteiger partial charge in [-0.05, 0) is 42.9 Å². The zero-order valence-electron chi connectivity index (χ0n) is 17.6. The number of benzene rings is 2. The molecule has 1 N–H and O–H groups in total. The van der Waals surface area contributed by atoms with Gasteiger partial charge in [0, 0.05) is 18.5 Å². The highest BCUT2D eigenvalue weighted by Gasteiger charge is 2.57. The molecule has 0 bridgehead atoms. The lowest BCUT2D eigenvalue weighted by molar-refractivity contribution is -0.134. The molecule has 2 saturated carbocycles. The lowest BCUT2D eigenvalue weighted by atomic mass is 9.88. The normalized spacial score (nSPS) is 27.4. The number of fused-ring (bicyclic) bond motifs is 2. The molecule has 1 spiro atoms. The lowest BCUT2D eigenvalue weighted by Crippen LogP contribution is -2.40. The number of likely N-dealkylation sites (tertiary alicyclic amines) is 1. The predicted molar refractivity (Wildman–Crippen MR) is 114 cm³/mol. The summed E-state index contributed by atoms with van der Waals surface area (Å²) in [5.74, 6) is -0.149. The van der Waals surface area contributed by atoms with Crippen LogP contribution >= 0.6 is 0 Å². The van der Waals surface area contributed by atoms with Crippen molar-refractivity contribution < 1.29 is 19.4 Å². The highest BCUT2D eigenvalue weighted by Crippen LogP contribution is 2.52. The van der Waals surface area contributed by atoms with E-state index in [1.165, 1.54) is 0 Å². The van der Waals surface area contributed by atoms with E-state index in [-0.39, 0.29) is 11.9 Å². The van der Waals surface area contributed by atoms with Crippen molar-refractivity contribution in [2.24, 2.45) is 0 Å². The van der Waals surface area contributed by atoms with Crippen molar-refractivity contribution in [3.63, 3.8) is 0 Å². The molecule has 5 heteroatoms. The molecule has 5 nitrogen and oxygen atoms in total. The summed E-state index contributed by atoms with van der Waals surface area (Å²) in [4.78, 5) is 27.8. The third-order valence-electron chi connectivity index (χ3n) is 8.01. The fourth-order valence-electron chi connectivity index (χ4n) is 6.01. The minimum absolute atomic E-state index is 0.136. The second-order valence-corrected chi connectivity index (χ2v) is 9.80. The Balaban J connectivity index is 1.24. The van der Waals surface area contributed by atoms with E-state index >= 15 is 0 Å². The highest BCUT2D eigenvalue weighted by molar-refractivity contribution is 5.96. The van der Waals surface area contributed by atoms with Crippen molar-refractivity contribution in [1.82, 2.24) is 4.90 Å². The number of carbonyl (C=O) groups is 2. The van der Waals surface area contributed by atoms with Gasteiger partial charge in [0.1, 0.15) is 0 Å². The first-order chi connectivity index (χ1) is 15.0. The Bertz CT molecular complexity index is 1070. The summed E-state index contributed by atoms with van der Waals surface area (Å²) in [5, 5.41) is 10.9. The average molecular weight is 418 g/mol. The summed E-state index contributed by atoms with van der Waals surface area (Å²) >= 11 is 0. The van der Waals surface area contributed by atoms with Gasteiger partial charge in [-0.25, -0.2) is 4.79 Å². The number of hydrogen-bond donors (Lipinski definition) is 1. The van der Waals surface area contributed by atoms with Crippen molar-refractivity contribution in [2.75, 3.05) is 13.1 Å². The molecule has 2 aliphatic carbocycles. The van der Waals surface area contributed by atoms with E-state index < -0.39 is 16.6 Å². The van der Waals surface area contributed by atoms with Crippen molar-refractivity contribution in [2.45, 2.75) is 61.6 Å². The number of hydrogen-bond acceptors (Lipinski definition) is 4. The van der Waals surface area contributed by atoms with Crippen LogP contribution < -0.4 is 0 Å². The minimum atomic E-state index is -0.708. The van der Waals surface area contributed by atoms with Crippen LogP contribution in [0.2, 0.25) is 0 Å². The van der Waals surface area contributed by atoms with Crippen molar-refractivity contribution in [1.29, 1.82) is 0 Å². The van der Waals surface area contributed by atoms with E-state index in [0.29, 0.717) is 25.1 Å². The molecule has 0 radical (unpaired) electrons. The third kappa shape index (κ3) is 2.72. The standard InChI is InChI=1S/C26H27NO4/c28-22-20-5-1-2-6-21(20)26(31-22)15-16-27(17-26)23(29)24(13-14-24)18-7-9-19(10-8-18)25(30)11-3-4-12-25/h1-2,5-10,30H,3-4,11-17H2/t26-/m0/s1. The maximum absolute atomic E-state index is 13.6. The van der Waals surface area contributed by atoms with Gasteiger partial charge < -0.3 is 14.7 Å². The molecule has 1 atom stereocenters. The first-order valence-electron chi connectivity index (χ1n) is 11.4. The zero-order chi connectivity index (χ0) is 21.3. The molecule has 2 aromatic carbocycles. The quantitative estimate of drug-likeness (QED) is 0.772. The van der Waals surface area contributed by atoms with E-state index in [1.807, 2.05) is 47.4 Å². The topological polar surface area (TPSA) is 66.8 Å². The Morgan fingerprint density at radius 2 is 1.58 bits per heavy atom. The molecule has 3 fully saturated rings. The van der Waals surface area contributed by atoms with Gasteiger partial charge in [0.25, 0.3) is 0 Å². The Labute approximate surface area is 182 Å². The first kappa shape index (κ1) is 19.1. The number of nitrogens with zero attached hydrogens (tertiary/aromatic N) is 1. The van der Waals surface area contributed by atoms with E-state index in [1.54, 1.807) is 6.07 Å². The second-order valence-electron chi connectivity index (χ2n) is 9.80. The fraction of sp³-hybridized carbons (Fsp3) is 0.462. The van der Waals surface area contributed by atoms with Gasteiger partial charge in [0.2, 0.25) is 5.91 Å². The van der Waals surface area contributed by atoms with Crippen LogP contribution in [-0.2, 0) is 26.1 Å². The number of ether oxygens (including phenoxy) is 1. The van der Waals surface area contributed by atoms with Gasteiger partial charge in [-0.3, -0.25) is 4.79 Å². The SMILES string of the molecule is O=C1O[C@]2(CCN(C(=O)C3(c4ccc(C5(O)CCCC5)cc4)CC3)C2)c2ccccc21. The van der Waals surface area contributed by atoms with Crippen molar-refractivity contribution in [3.8, 4) is 0 Å². The molecule has 1 saturated heterocycles. The second kappa shape index (κ2) is 6.42. The summed E-state index contributed by atoms with van der Waals surface area (Å²) < 4.78 is 5.82. The van der Waals surface area contributed by atoms with Crippen molar-refractivity contribution >= 4 is 11.9 Å². The number of rotatable bonds is 3. The largest absolute Gasteiger partial charge is 0.449 e. The highest BCUT2D eigenvalue weighted by atomic mass is 16.6. The van der Waals surface area contributed by atoms with Gasteiger partial charge in [-0.2, -0.15) is 0 Å².